The van der Waals surface area contributed by atoms with Crippen molar-refractivity contribution < 1.29 is 41.8 Å². The first kappa shape index (κ1) is 28.3. The average molecular weight is 567 g/mol. The summed E-state index contributed by atoms with van der Waals surface area (Å²) in [5.41, 5.74) is -4.41. The highest BCUT2D eigenvalue weighted by Gasteiger charge is 2.56. The molecule has 3 atom stereocenters. The average Bonchev–Trinajstić information content (AvgIpc) is 3.28. The van der Waals surface area contributed by atoms with Gasteiger partial charge in [-0.05, 0) is 67.0 Å². The predicted octanol–water partition coefficient (Wildman–Crippen LogP) is 5.11. The highest BCUT2D eigenvalue weighted by atomic mass is 19.4. The Morgan fingerprint density at radius 3 is 2.25 bits per heavy atom. The smallest absolute Gasteiger partial charge is 0.426 e. The molecule has 0 aromatic heterocycles. The molecule has 0 saturated carbocycles. The number of carbonyl (C=O) groups excluding carboxylic acids is 1. The molecule has 2 aromatic carbocycles. The number of fused-ring (bicyclic) bond motifs is 3. The summed E-state index contributed by atoms with van der Waals surface area (Å²) in [6.07, 6.45) is -3.60. The van der Waals surface area contributed by atoms with Crippen LogP contribution in [0, 0.1) is 5.82 Å². The van der Waals surface area contributed by atoms with E-state index in [4.69, 9.17) is 0 Å². The van der Waals surface area contributed by atoms with E-state index < -0.39 is 40.2 Å². The zero-order chi connectivity index (χ0) is 29.1. The Morgan fingerprint density at radius 1 is 1.00 bits per heavy atom. The normalized spacial score (nSPS) is 25.6. The molecule has 11 heteroatoms. The summed E-state index contributed by atoms with van der Waals surface area (Å²) < 4.78 is 68.9. The maximum absolute atomic E-state index is 14.9. The summed E-state index contributed by atoms with van der Waals surface area (Å²) in [6.45, 7) is 1.01. The molecule has 5 rings (SSSR count). The number of carbonyl (C=O) groups is 2. The fraction of sp³-hybridized carbons (Fsp3) is 0.517. The minimum atomic E-state index is -5.08. The van der Waals surface area contributed by atoms with E-state index in [1.165, 1.54) is 29.2 Å². The largest absolute Gasteiger partial charge is 0.479 e. The Labute approximate surface area is 228 Å². The zero-order valence-corrected chi connectivity index (χ0v) is 22.0. The van der Waals surface area contributed by atoms with Crippen molar-refractivity contribution in [1.29, 1.82) is 0 Å². The van der Waals surface area contributed by atoms with Gasteiger partial charge in [0.15, 0.2) is 5.60 Å². The molecular weight excluding hydrogens is 535 g/mol. The number of nitrogens with zero attached hydrogens (tertiary/aromatic N) is 2. The van der Waals surface area contributed by atoms with Crippen LogP contribution in [-0.2, 0) is 28.7 Å². The summed E-state index contributed by atoms with van der Waals surface area (Å²) in [4.78, 5) is 28.4. The van der Waals surface area contributed by atoms with Crippen molar-refractivity contribution in [1.82, 2.24) is 9.80 Å². The first-order valence-electron chi connectivity index (χ1n) is 13.3. The second-order valence-corrected chi connectivity index (χ2v) is 11.4. The summed E-state index contributed by atoms with van der Waals surface area (Å²) in [5, 5.41) is 19.6. The van der Waals surface area contributed by atoms with Crippen molar-refractivity contribution in [3.63, 3.8) is 0 Å². The number of halogens is 5. The van der Waals surface area contributed by atoms with Gasteiger partial charge >= 0.3 is 18.2 Å². The molecule has 216 valence electrons. The lowest BCUT2D eigenvalue weighted by atomic mass is 9.63. The van der Waals surface area contributed by atoms with Gasteiger partial charge in [0.25, 0.3) is 0 Å². The van der Waals surface area contributed by atoms with Crippen LogP contribution in [0.15, 0.2) is 42.5 Å². The van der Waals surface area contributed by atoms with Crippen LogP contribution >= 0.6 is 0 Å². The number of urea groups is 1. The molecule has 2 N–H and O–H groups in total. The standard InChI is InChI=1S/C29H31F5N2O4/c1-26(31,29(32,33)34)20-5-8-22-19(16-20)4-9-23-27(22,17-18-2-6-21(30)7-3-18)10-15-36(23)25(39)35-13-11-28(40,12-14-35)24(37)38/h2-3,5-8,16,23,40H,4,9-15,17H2,1H3,(H,37,38)/t23-,26?,27-/m1/s1. The molecule has 40 heavy (non-hydrogen) atoms. The first-order valence-corrected chi connectivity index (χ1v) is 13.3. The van der Waals surface area contributed by atoms with E-state index >= 15 is 0 Å². The van der Waals surface area contributed by atoms with Crippen molar-refractivity contribution in [2.24, 2.45) is 0 Å². The summed E-state index contributed by atoms with van der Waals surface area (Å²) in [7, 11) is 0. The van der Waals surface area contributed by atoms with E-state index in [9.17, 15) is 41.8 Å². The molecule has 0 radical (unpaired) electrons. The Morgan fingerprint density at radius 2 is 1.65 bits per heavy atom. The Hall–Kier alpha value is -3.21. The quantitative estimate of drug-likeness (QED) is 0.505. The molecule has 3 aliphatic rings. The molecule has 2 saturated heterocycles. The number of carboxylic acids is 1. The molecule has 0 spiro atoms. The lowest BCUT2D eigenvalue weighted by Crippen LogP contribution is -2.56. The van der Waals surface area contributed by atoms with Crippen LogP contribution in [0.5, 0.6) is 0 Å². The van der Waals surface area contributed by atoms with Gasteiger partial charge in [0, 0.05) is 43.9 Å². The summed E-state index contributed by atoms with van der Waals surface area (Å²) in [6, 6.07) is 9.35. The van der Waals surface area contributed by atoms with Crippen LogP contribution in [0.3, 0.4) is 0 Å². The van der Waals surface area contributed by atoms with Crippen LogP contribution in [0.25, 0.3) is 0 Å². The Balaban J connectivity index is 1.49. The fourth-order valence-electron chi connectivity index (χ4n) is 6.68. The zero-order valence-electron chi connectivity index (χ0n) is 22.0. The number of amides is 2. The van der Waals surface area contributed by atoms with E-state index in [1.54, 1.807) is 23.1 Å². The number of hydrogen-bond acceptors (Lipinski definition) is 3. The van der Waals surface area contributed by atoms with Crippen LogP contribution in [-0.4, -0.2) is 69.5 Å². The number of aliphatic carboxylic acids is 1. The molecule has 0 bridgehead atoms. The highest BCUT2D eigenvalue weighted by Crippen LogP contribution is 2.51. The maximum atomic E-state index is 14.9. The van der Waals surface area contributed by atoms with E-state index in [0.29, 0.717) is 44.7 Å². The van der Waals surface area contributed by atoms with Gasteiger partial charge in [0.2, 0.25) is 5.67 Å². The number of likely N-dealkylation sites (tertiary alicyclic amines) is 2. The lowest BCUT2D eigenvalue weighted by Gasteiger charge is -2.45. The monoisotopic (exact) mass is 566 g/mol. The molecule has 2 heterocycles. The topological polar surface area (TPSA) is 81.1 Å². The van der Waals surface area contributed by atoms with Gasteiger partial charge < -0.3 is 20.0 Å². The molecule has 6 nitrogen and oxygen atoms in total. The Kier molecular flexibility index (Phi) is 6.88. The van der Waals surface area contributed by atoms with Gasteiger partial charge in [-0.3, -0.25) is 0 Å². The minimum absolute atomic E-state index is 0.0717. The van der Waals surface area contributed by atoms with Crippen molar-refractivity contribution in [3.05, 3.63) is 70.5 Å². The molecule has 1 aliphatic carbocycles. The van der Waals surface area contributed by atoms with Crippen LogP contribution in [0.2, 0.25) is 0 Å². The highest BCUT2D eigenvalue weighted by molar-refractivity contribution is 5.79. The van der Waals surface area contributed by atoms with Crippen molar-refractivity contribution in [2.45, 2.75) is 74.4 Å². The third-order valence-corrected chi connectivity index (χ3v) is 9.15. The number of aryl methyl sites for hydroxylation is 1. The third kappa shape index (κ3) is 4.61. The van der Waals surface area contributed by atoms with Gasteiger partial charge in [-0.25, -0.2) is 18.4 Å². The number of hydrogen-bond donors (Lipinski definition) is 2. The van der Waals surface area contributed by atoms with Crippen molar-refractivity contribution in [2.75, 3.05) is 19.6 Å². The van der Waals surface area contributed by atoms with Crippen LogP contribution < -0.4 is 0 Å². The van der Waals surface area contributed by atoms with E-state index in [2.05, 4.69) is 0 Å². The van der Waals surface area contributed by atoms with Crippen molar-refractivity contribution in [3.8, 4) is 0 Å². The number of carboxylic acid groups (broad SMARTS) is 1. The van der Waals surface area contributed by atoms with Gasteiger partial charge in [0.05, 0.1) is 0 Å². The second kappa shape index (κ2) is 9.71. The fourth-order valence-corrected chi connectivity index (χ4v) is 6.68. The lowest BCUT2D eigenvalue weighted by molar-refractivity contribution is -0.228. The number of aliphatic hydroxyl groups is 1. The van der Waals surface area contributed by atoms with Gasteiger partial charge in [0.1, 0.15) is 5.82 Å². The summed E-state index contributed by atoms with van der Waals surface area (Å²) in [5.74, 6) is -1.73. The molecule has 1 unspecified atom stereocenters. The predicted molar refractivity (Wildman–Crippen MR) is 135 cm³/mol. The van der Waals surface area contributed by atoms with Gasteiger partial charge in [-0.1, -0.05) is 30.3 Å². The maximum Gasteiger partial charge on any atom is 0.426 e. The molecular formula is C29H31F5N2O4. The second-order valence-electron chi connectivity index (χ2n) is 11.4. The summed E-state index contributed by atoms with van der Waals surface area (Å²) >= 11 is 0. The molecule has 2 aromatic rings. The molecule has 2 aliphatic heterocycles. The van der Waals surface area contributed by atoms with Crippen molar-refractivity contribution >= 4 is 12.0 Å². The Bertz CT molecular complexity index is 1300. The van der Waals surface area contributed by atoms with Crippen LogP contribution in [0.4, 0.5) is 26.7 Å². The van der Waals surface area contributed by atoms with Gasteiger partial charge in [-0.2, -0.15) is 13.2 Å². The molecule has 2 amide bonds. The van der Waals surface area contributed by atoms with E-state index in [1.807, 2.05) is 0 Å². The van der Waals surface area contributed by atoms with E-state index in [0.717, 1.165) is 11.1 Å². The SMILES string of the molecule is CC(F)(c1ccc2c(c1)CC[C@H]1N(C(=O)N3CCC(O)(C(=O)O)CC3)CC[C@@]21Cc1ccc(F)cc1)C(F)(F)F. The first-order chi connectivity index (χ1) is 18.7. The third-order valence-electron chi connectivity index (χ3n) is 9.15. The van der Waals surface area contributed by atoms with Gasteiger partial charge in [-0.15, -0.1) is 0 Å². The minimum Gasteiger partial charge on any atom is -0.479 e. The van der Waals surface area contributed by atoms with Crippen LogP contribution in [0.1, 0.15) is 54.9 Å². The number of alkyl halides is 4. The number of rotatable bonds is 4. The number of piperidine rings is 1. The number of benzene rings is 2. The molecule has 2 fully saturated rings. The van der Waals surface area contributed by atoms with E-state index in [-0.39, 0.29) is 38.0 Å².